The molecule has 0 spiro atoms. The Kier molecular flexibility index (Phi) is 1.96. The number of hydrogen-bond acceptors (Lipinski definition) is 3. The van der Waals surface area contributed by atoms with Crippen molar-refractivity contribution >= 4 is 25.4 Å². The van der Waals surface area contributed by atoms with Crippen molar-refractivity contribution in [3.63, 3.8) is 0 Å². The van der Waals surface area contributed by atoms with E-state index < -0.39 is 25.4 Å². The third-order valence-electron chi connectivity index (χ3n) is 0.972. The van der Waals surface area contributed by atoms with Crippen molar-refractivity contribution in [1.82, 2.24) is 5.32 Å². The topological polar surface area (TPSA) is 95.8 Å². The summed E-state index contributed by atoms with van der Waals surface area (Å²) in [6, 6.07) is -0.852. The zero-order chi connectivity index (χ0) is 8.43. The molecule has 2 N–H and O–H groups in total. The minimum absolute atomic E-state index is 0.198. The molecule has 0 aromatic carbocycles. The van der Waals surface area contributed by atoms with Crippen LogP contribution in [0.15, 0.2) is 4.74 Å². The van der Waals surface area contributed by atoms with Gasteiger partial charge < -0.3 is 5.11 Å². The first-order valence-electron chi connectivity index (χ1n) is 2.65. The Labute approximate surface area is 62.1 Å². The van der Waals surface area contributed by atoms with E-state index in [1.165, 1.54) is 0 Å². The number of nitrogens with zero attached hydrogens (tertiary/aromatic N) is 1. The summed E-state index contributed by atoms with van der Waals surface area (Å²) in [5, 5.41) is 10.2. The first kappa shape index (κ1) is 7.81. The number of amides is 3. The Morgan fingerprint density at radius 1 is 1.64 bits per heavy atom. The lowest BCUT2D eigenvalue weighted by atomic mass is 10.7. The number of carbonyl (C=O) groups excluding carboxylic acids is 2. The van der Waals surface area contributed by atoms with E-state index in [1.54, 1.807) is 0 Å². The summed E-state index contributed by atoms with van der Waals surface area (Å²) in [6.07, 6.45) is -0.198. The zero-order valence-electron chi connectivity index (χ0n) is 5.27. The maximum atomic E-state index is 10.5. The predicted molar refractivity (Wildman–Crippen MR) is 35.8 cm³/mol. The first-order valence-corrected chi connectivity index (χ1v) is 4.13. The summed E-state index contributed by atoms with van der Waals surface area (Å²) in [5.41, 5.74) is -1.19. The van der Waals surface area contributed by atoms with Gasteiger partial charge in [0.05, 0.1) is 0 Å². The van der Waals surface area contributed by atoms with E-state index in [1.807, 2.05) is 5.32 Å². The van der Waals surface area contributed by atoms with Crippen molar-refractivity contribution in [1.29, 1.82) is 0 Å². The molecule has 0 bridgehead atoms. The molecule has 0 fully saturated rings. The van der Waals surface area contributed by atoms with Crippen LogP contribution in [0.2, 0.25) is 0 Å². The molecule has 11 heavy (non-hydrogen) atoms. The average Bonchev–Trinajstić information content (AvgIpc) is 1.85. The van der Waals surface area contributed by atoms with Crippen LogP contribution in [0.5, 0.6) is 0 Å². The first-order chi connectivity index (χ1) is 5.09. The molecule has 6 nitrogen and oxygen atoms in total. The molecule has 3 amide bonds. The summed E-state index contributed by atoms with van der Waals surface area (Å²) in [7, 11) is -1.83. The summed E-state index contributed by atoms with van der Waals surface area (Å²) >= 11 is 0. The van der Waals surface area contributed by atoms with E-state index in [4.69, 9.17) is 5.11 Å². The standard InChI is InChI=1S/C4H3N2O4P/c7-2-1-11(4(9)10)6-3(8)5-2/h1H2,(H-,5,7,8,9,10)/p+1. The van der Waals surface area contributed by atoms with Crippen molar-refractivity contribution in [2.45, 2.75) is 0 Å². The lowest BCUT2D eigenvalue weighted by molar-refractivity contribution is -0.117. The van der Waals surface area contributed by atoms with Gasteiger partial charge in [0.1, 0.15) is 0 Å². The molecule has 0 saturated carbocycles. The molecule has 0 radical (unpaired) electrons. The molecule has 1 rings (SSSR count). The van der Waals surface area contributed by atoms with Crippen LogP contribution in [0.1, 0.15) is 0 Å². The highest BCUT2D eigenvalue weighted by Gasteiger charge is 2.34. The highest BCUT2D eigenvalue weighted by atomic mass is 31.1. The van der Waals surface area contributed by atoms with Gasteiger partial charge in [-0.3, -0.25) is 10.1 Å². The smallest absolute Gasteiger partial charge is 0.444 e. The number of carbonyl (C=O) groups is 3. The predicted octanol–water partition coefficient (Wildman–Crippen LogP) is 0.580. The number of imide groups is 1. The van der Waals surface area contributed by atoms with Gasteiger partial charge in [0.15, 0.2) is 0 Å². The third kappa shape index (κ3) is 1.81. The van der Waals surface area contributed by atoms with Gasteiger partial charge in [0.2, 0.25) is 6.16 Å². The lowest BCUT2D eigenvalue weighted by Gasteiger charge is -1.97. The second-order valence-electron chi connectivity index (χ2n) is 1.79. The Morgan fingerprint density at radius 2 is 2.27 bits per heavy atom. The van der Waals surface area contributed by atoms with Crippen LogP contribution in [0.25, 0.3) is 0 Å². The van der Waals surface area contributed by atoms with Crippen LogP contribution in [0.3, 0.4) is 0 Å². The molecule has 0 aliphatic carbocycles. The van der Waals surface area contributed by atoms with Crippen molar-refractivity contribution in [3.8, 4) is 0 Å². The van der Waals surface area contributed by atoms with E-state index in [0.717, 1.165) is 0 Å². The Hall–Kier alpha value is -1.29. The summed E-state index contributed by atoms with van der Waals surface area (Å²) in [6.45, 7) is 0. The molecule has 1 aliphatic rings. The molecule has 0 saturated heterocycles. The molecule has 58 valence electrons. The summed E-state index contributed by atoms with van der Waals surface area (Å²) < 4.78 is 3.23. The molecule has 1 heterocycles. The van der Waals surface area contributed by atoms with Gasteiger partial charge in [0.25, 0.3) is 5.91 Å². The second kappa shape index (κ2) is 2.75. The van der Waals surface area contributed by atoms with Crippen molar-refractivity contribution in [2.24, 2.45) is 4.74 Å². The van der Waals surface area contributed by atoms with Crippen LogP contribution in [0, 0.1) is 0 Å². The SMILES string of the molecule is O=C1C[P+](C(=O)O)=NC(=O)N1. The van der Waals surface area contributed by atoms with Crippen LogP contribution < -0.4 is 5.32 Å². The number of carboxylic acid groups (broad SMARTS) is 1. The maximum absolute atomic E-state index is 10.5. The third-order valence-corrected chi connectivity index (χ3v) is 2.42. The minimum Gasteiger partial charge on any atom is -0.444 e. The van der Waals surface area contributed by atoms with Gasteiger partial charge in [0, 0.05) is 4.74 Å². The molecular formula is C4H4N2O4P+. The van der Waals surface area contributed by atoms with Gasteiger partial charge in [-0.15, -0.1) is 0 Å². The van der Waals surface area contributed by atoms with Crippen molar-refractivity contribution < 1.29 is 19.5 Å². The van der Waals surface area contributed by atoms with Crippen LogP contribution in [-0.2, 0) is 4.79 Å². The number of nitrogens with one attached hydrogen (secondary N) is 1. The molecule has 1 aliphatic heterocycles. The van der Waals surface area contributed by atoms with Gasteiger partial charge in [-0.25, -0.2) is 4.79 Å². The Morgan fingerprint density at radius 3 is 2.73 bits per heavy atom. The molecular weight excluding hydrogens is 171 g/mol. The van der Waals surface area contributed by atoms with Crippen LogP contribution in [0.4, 0.5) is 9.59 Å². The number of rotatable bonds is 1. The van der Waals surface area contributed by atoms with E-state index in [9.17, 15) is 14.4 Å². The minimum atomic E-state index is -1.83. The van der Waals surface area contributed by atoms with Crippen LogP contribution in [-0.4, -0.2) is 28.9 Å². The van der Waals surface area contributed by atoms with Gasteiger partial charge >= 0.3 is 19.5 Å². The molecule has 1 atom stereocenters. The average molecular weight is 175 g/mol. The van der Waals surface area contributed by atoms with Gasteiger partial charge in [-0.2, -0.15) is 4.79 Å². The lowest BCUT2D eigenvalue weighted by Crippen LogP contribution is -2.32. The second-order valence-corrected chi connectivity index (χ2v) is 3.49. The van der Waals surface area contributed by atoms with E-state index in [0.29, 0.717) is 0 Å². The molecule has 0 aromatic heterocycles. The largest absolute Gasteiger partial charge is 0.532 e. The Bertz CT molecular complexity index is 271. The fourth-order valence-electron chi connectivity index (χ4n) is 0.575. The fraction of sp³-hybridized carbons (Fsp3) is 0.250. The van der Waals surface area contributed by atoms with E-state index in [2.05, 4.69) is 4.74 Å². The number of hydrogen-bond donors (Lipinski definition) is 2. The summed E-state index contributed by atoms with van der Waals surface area (Å²) in [4.78, 5) is 31.2. The normalized spacial score (nSPS) is 20.5. The van der Waals surface area contributed by atoms with Gasteiger partial charge in [-0.1, -0.05) is 0 Å². The fourth-order valence-corrected chi connectivity index (χ4v) is 1.49. The van der Waals surface area contributed by atoms with Crippen molar-refractivity contribution in [3.05, 3.63) is 0 Å². The summed E-state index contributed by atoms with van der Waals surface area (Å²) in [5.74, 6) is -0.571. The highest BCUT2D eigenvalue weighted by Crippen LogP contribution is 2.27. The highest BCUT2D eigenvalue weighted by molar-refractivity contribution is 7.66. The van der Waals surface area contributed by atoms with Crippen molar-refractivity contribution in [2.75, 3.05) is 6.16 Å². The van der Waals surface area contributed by atoms with Gasteiger partial charge in [-0.05, 0) is 0 Å². The zero-order valence-corrected chi connectivity index (χ0v) is 6.17. The molecule has 0 aromatic rings. The van der Waals surface area contributed by atoms with Crippen LogP contribution >= 0.6 is 7.71 Å². The maximum Gasteiger partial charge on any atom is 0.532 e. The van der Waals surface area contributed by atoms with E-state index in [-0.39, 0.29) is 6.16 Å². The molecule has 7 heteroatoms. The monoisotopic (exact) mass is 175 g/mol. The Balaban J connectivity index is 2.89. The quantitative estimate of drug-likeness (QED) is 0.569. The number of urea groups is 1. The molecule has 1 unspecified atom stereocenters. The van der Waals surface area contributed by atoms with E-state index >= 15 is 0 Å².